The number of hydrogen-bond donors (Lipinski definition) is 0. The molecule has 0 atom stereocenters. The van der Waals surface area contributed by atoms with E-state index < -0.39 is 20.8 Å². The van der Waals surface area contributed by atoms with Crippen molar-refractivity contribution in [3.05, 3.63) is 64.5 Å². The van der Waals surface area contributed by atoms with Gasteiger partial charge in [0, 0.05) is 43.5 Å². The van der Waals surface area contributed by atoms with Crippen molar-refractivity contribution in [2.24, 2.45) is 5.10 Å². The average Bonchev–Trinajstić information content (AvgIpc) is 2.59. The third-order valence-corrected chi connectivity index (χ3v) is 4.36. The van der Waals surface area contributed by atoms with E-state index in [9.17, 15) is 23.1 Å². The minimum Gasteiger partial charge on any atom is -0.748 e. The van der Waals surface area contributed by atoms with Crippen LogP contribution in [0.3, 0.4) is 0 Å². The van der Waals surface area contributed by atoms with E-state index in [-0.39, 0.29) is 12.1 Å². The molecule has 0 aliphatic heterocycles. The Bertz CT molecular complexity index is 897. The van der Waals surface area contributed by atoms with Crippen LogP contribution in [0.1, 0.15) is 12.1 Å². The number of benzene rings is 1. The fourth-order valence-electron chi connectivity index (χ4n) is 2.22. The summed E-state index contributed by atoms with van der Waals surface area (Å²) >= 11 is 0. The Hall–Kier alpha value is -2.85. The molecule has 2 aromatic rings. The topological polar surface area (TPSA) is 120 Å². The Balaban J connectivity index is 2.08. The van der Waals surface area contributed by atoms with E-state index in [0.29, 0.717) is 12.2 Å². The maximum Gasteiger partial charge on any atom is 0.269 e. The van der Waals surface area contributed by atoms with Gasteiger partial charge in [-0.3, -0.25) is 15.1 Å². The number of rotatable bonds is 8. The van der Waals surface area contributed by atoms with Gasteiger partial charge in [0.2, 0.25) is 5.69 Å². The lowest BCUT2D eigenvalue weighted by molar-refractivity contribution is -0.697. The summed E-state index contributed by atoms with van der Waals surface area (Å²) in [5.74, 6) is -0.422. The molecule has 0 unspecified atom stereocenters. The monoisotopic (exact) mass is 378 g/mol. The molecule has 0 aliphatic carbocycles. The van der Waals surface area contributed by atoms with E-state index in [1.807, 2.05) is 6.07 Å². The van der Waals surface area contributed by atoms with Gasteiger partial charge in [0.25, 0.3) is 5.69 Å². The third kappa shape index (κ3) is 5.90. The van der Waals surface area contributed by atoms with Crippen LogP contribution in [0, 0.1) is 10.1 Å². The van der Waals surface area contributed by atoms with E-state index in [1.54, 1.807) is 53.3 Å². The van der Waals surface area contributed by atoms with Crippen molar-refractivity contribution in [2.75, 3.05) is 17.8 Å². The number of nitro groups is 1. The molecule has 0 spiro atoms. The standard InChI is InChI=1S/C16H18N4O5S/c1-18(14-6-8-15(9-7-14)20(21)22)17-13-16-5-2-3-10-19(16)11-4-12-26(23,24)25/h2-3,5-10,13H,4,11-12H2,1H3. The molecule has 26 heavy (non-hydrogen) atoms. The van der Waals surface area contributed by atoms with Gasteiger partial charge in [-0.1, -0.05) is 0 Å². The minimum atomic E-state index is -4.23. The van der Waals surface area contributed by atoms with E-state index in [1.165, 1.54) is 12.1 Å². The van der Waals surface area contributed by atoms with E-state index in [2.05, 4.69) is 5.10 Å². The predicted octanol–water partition coefficient (Wildman–Crippen LogP) is 1.29. The quantitative estimate of drug-likeness (QED) is 0.224. The predicted molar refractivity (Wildman–Crippen MR) is 94.9 cm³/mol. The summed E-state index contributed by atoms with van der Waals surface area (Å²) in [4.78, 5) is 10.2. The minimum absolute atomic E-state index is 0.000330. The lowest BCUT2D eigenvalue weighted by atomic mass is 10.3. The Morgan fingerprint density at radius 2 is 1.92 bits per heavy atom. The van der Waals surface area contributed by atoms with Gasteiger partial charge in [0.15, 0.2) is 6.20 Å². The molecule has 1 aromatic heterocycles. The highest BCUT2D eigenvalue weighted by Gasteiger charge is 2.09. The van der Waals surface area contributed by atoms with Crippen LogP contribution in [0.4, 0.5) is 11.4 Å². The van der Waals surface area contributed by atoms with Crippen LogP contribution in [-0.2, 0) is 16.7 Å². The van der Waals surface area contributed by atoms with E-state index in [4.69, 9.17) is 0 Å². The third-order valence-electron chi connectivity index (χ3n) is 3.57. The molecule has 0 aliphatic rings. The zero-order chi connectivity index (χ0) is 19.2. The lowest BCUT2D eigenvalue weighted by Gasteiger charge is -2.12. The molecule has 10 heteroatoms. The van der Waals surface area contributed by atoms with Crippen LogP contribution in [0.25, 0.3) is 0 Å². The fraction of sp³-hybridized carbons (Fsp3) is 0.250. The number of aryl methyl sites for hydroxylation is 1. The first-order valence-corrected chi connectivity index (χ1v) is 9.28. The van der Waals surface area contributed by atoms with Crippen molar-refractivity contribution in [3.8, 4) is 0 Å². The van der Waals surface area contributed by atoms with Crippen molar-refractivity contribution in [3.63, 3.8) is 0 Å². The summed E-state index contributed by atoms with van der Waals surface area (Å²) in [6.45, 7) is 0.366. The summed E-state index contributed by atoms with van der Waals surface area (Å²) in [6, 6.07) is 11.4. The zero-order valence-electron chi connectivity index (χ0n) is 14.1. The molecular formula is C16H18N4O5S. The van der Waals surface area contributed by atoms with Gasteiger partial charge in [-0.25, -0.2) is 8.42 Å². The first kappa shape index (κ1) is 19.5. The number of pyridine rings is 1. The average molecular weight is 378 g/mol. The van der Waals surface area contributed by atoms with Crippen molar-refractivity contribution in [2.45, 2.75) is 13.0 Å². The molecule has 0 bridgehead atoms. The van der Waals surface area contributed by atoms with Gasteiger partial charge in [0.05, 0.1) is 20.7 Å². The van der Waals surface area contributed by atoms with Gasteiger partial charge in [-0.05, 0) is 18.2 Å². The second-order valence-corrected chi connectivity index (χ2v) is 7.00. The van der Waals surface area contributed by atoms with Crippen LogP contribution >= 0.6 is 0 Å². The molecule has 2 rings (SSSR count). The lowest BCUT2D eigenvalue weighted by Crippen LogP contribution is -2.38. The van der Waals surface area contributed by atoms with Crippen molar-refractivity contribution in [1.82, 2.24) is 0 Å². The second kappa shape index (κ2) is 8.50. The first-order valence-electron chi connectivity index (χ1n) is 7.70. The highest BCUT2D eigenvalue weighted by Crippen LogP contribution is 2.18. The highest BCUT2D eigenvalue weighted by molar-refractivity contribution is 7.85. The number of nitro benzene ring substituents is 1. The number of non-ortho nitro benzene ring substituents is 1. The summed E-state index contributed by atoms with van der Waals surface area (Å²) in [5.41, 5.74) is 1.40. The number of hydrazone groups is 1. The summed E-state index contributed by atoms with van der Waals surface area (Å²) < 4.78 is 33.9. The summed E-state index contributed by atoms with van der Waals surface area (Å²) in [7, 11) is -2.53. The molecule has 0 saturated carbocycles. The van der Waals surface area contributed by atoms with E-state index in [0.717, 1.165) is 5.69 Å². The van der Waals surface area contributed by atoms with Crippen molar-refractivity contribution >= 4 is 27.7 Å². The SMILES string of the molecule is CN(/N=C/c1cccc[n+]1CCCS(=O)(=O)[O-])c1ccc([N+](=O)[O-])cc1. The Morgan fingerprint density at radius 3 is 2.54 bits per heavy atom. The van der Waals surface area contributed by atoms with Crippen molar-refractivity contribution in [1.29, 1.82) is 0 Å². The zero-order valence-corrected chi connectivity index (χ0v) is 14.9. The van der Waals surface area contributed by atoms with E-state index >= 15 is 0 Å². The first-order chi connectivity index (χ1) is 12.3. The molecule has 0 radical (unpaired) electrons. The van der Waals surface area contributed by atoms with Crippen LogP contribution < -0.4 is 9.58 Å². The normalized spacial score (nSPS) is 11.6. The largest absolute Gasteiger partial charge is 0.748 e. The molecule has 0 saturated heterocycles. The maximum atomic E-state index is 10.7. The smallest absolute Gasteiger partial charge is 0.269 e. The summed E-state index contributed by atoms with van der Waals surface area (Å²) in [6.07, 6.45) is 3.57. The molecular weight excluding hydrogens is 360 g/mol. The maximum absolute atomic E-state index is 10.7. The molecule has 1 heterocycles. The van der Waals surface area contributed by atoms with Gasteiger partial charge in [-0.2, -0.15) is 9.67 Å². The van der Waals surface area contributed by atoms with Gasteiger partial charge < -0.3 is 4.55 Å². The van der Waals surface area contributed by atoms with Crippen LogP contribution in [0.5, 0.6) is 0 Å². The molecule has 0 fully saturated rings. The van der Waals surface area contributed by atoms with Crippen LogP contribution in [0.2, 0.25) is 0 Å². The second-order valence-electron chi connectivity index (χ2n) is 5.48. The number of aromatic nitrogens is 1. The summed E-state index contributed by atoms with van der Waals surface area (Å²) in [5, 5.41) is 16.5. The molecule has 138 valence electrons. The Kier molecular flexibility index (Phi) is 6.36. The van der Waals surface area contributed by atoms with Crippen molar-refractivity contribution < 1.29 is 22.5 Å². The molecule has 0 amide bonds. The number of anilines is 1. The Labute approximate surface area is 151 Å². The Morgan fingerprint density at radius 1 is 1.23 bits per heavy atom. The van der Waals surface area contributed by atoms with Gasteiger partial charge in [0.1, 0.15) is 12.8 Å². The fourth-order valence-corrected chi connectivity index (χ4v) is 2.71. The molecule has 1 aromatic carbocycles. The number of nitrogens with zero attached hydrogens (tertiary/aromatic N) is 4. The number of hydrogen-bond acceptors (Lipinski definition) is 7. The van der Waals surface area contributed by atoms with Gasteiger partial charge in [-0.15, -0.1) is 0 Å². The highest BCUT2D eigenvalue weighted by atomic mass is 32.2. The van der Waals surface area contributed by atoms with Crippen LogP contribution in [0.15, 0.2) is 53.8 Å². The van der Waals surface area contributed by atoms with Crippen LogP contribution in [-0.4, -0.2) is 36.9 Å². The van der Waals surface area contributed by atoms with Gasteiger partial charge >= 0.3 is 0 Å². The molecule has 0 N–H and O–H groups in total. The molecule has 9 nitrogen and oxygen atoms in total.